The Morgan fingerprint density at radius 3 is 2.62 bits per heavy atom. The van der Waals surface area contributed by atoms with Crippen molar-refractivity contribution >= 4 is 34.1 Å². The third-order valence-electron chi connectivity index (χ3n) is 3.64. The molecule has 1 amide bonds. The molecule has 0 aliphatic carbocycles. The van der Waals surface area contributed by atoms with Crippen LogP contribution in [-0.4, -0.2) is 28.0 Å². The van der Waals surface area contributed by atoms with E-state index >= 15 is 0 Å². The van der Waals surface area contributed by atoms with Crippen LogP contribution in [0.2, 0.25) is 0 Å². The van der Waals surface area contributed by atoms with Gasteiger partial charge in [0.15, 0.2) is 10.4 Å². The van der Waals surface area contributed by atoms with E-state index in [4.69, 9.17) is 4.74 Å². The minimum Gasteiger partial charge on any atom is -0.481 e. The van der Waals surface area contributed by atoms with Crippen LogP contribution in [0.3, 0.4) is 0 Å². The van der Waals surface area contributed by atoms with Crippen LogP contribution in [0, 0.1) is 12.8 Å². The van der Waals surface area contributed by atoms with Crippen molar-refractivity contribution in [1.29, 1.82) is 0 Å². The standard InChI is InChI=1S/C19H27N3O2S2/c1-11(2)10-25-19-22-21-18(26-19)20-17(23)14(6)24-16-9-13(5)7-8-15(16)12(3)4/h7-9,11-12,14H,10H2,1-6H3,(H,20,21,23)/t14-/m0/s1. The Labute approximate surface area is 163 Å². The summed E-state index contributed by atoms with van der Waals surface area (Å²) >= 11 is 3.05. The molecule has 1 aromatic carbocycles. The highest BCUT2D eigenvalue weighted by molar-refractivity contribution is 8.01. The van der Waals surface area contributed by atoms with E-state index in [0.717, 1.165) is 27.0 Å². The van der Waals surface area contributed by atoms with Gasteiger partial charge in [-0.15, -0.1) is 10.2 Å². The van der Waals surface area contributed by atoms with Gasteiger partial charge in [-0.25, -0.2) is 0 Å². The number of aromatic nitrogens is 2. The monoisotopic (exact) mass is 393 g/mol. The Morgan fingerprint density at radius 1 is 1.23 bits per heavy atom. The van der Waals surface area contributed by atoms with Crippen LogP contribution in [0.4, 0.5) is 5.13 Å². The quantitative estimate of drug-likeness (QED) is 0.498. The molecular formula is C19H27N3O2S2. The lowest BCUT2D eigenvalue weighted by molar-refractivity contribution is -0.122. The second-order valence-electron chi connectivity index (χ2n) is 7.02. The van der Waals surface area contributed by atoms with Gasteiger partial charge in [0.05, 0.1) is 0 Å². The van der Waals surface area contributed by atoms with Gasteiger partial charge in [-0.05, 0) is 42.9 Å². The van der Waals surface area contributed by atoms with E-state index in [1.165, 1.54) is 11.3 Å². The highest BCUT2D eigenvalue weighted by Gasteiger charge is 2.19. The number of aryl methyl sites for hydroxylation is 1. The Balaban J connectivity index is 1.99. The summed E-state index contributed by atoms with van der Waals surface area (Å²) in [5, 5.41) is 11.5. The minimum atomic E-state index is -0.620. The van der Waals surface area contributed by atoms with Crippen molar-refractivity contribution in [1.82, 2.24) is 10.2 Å². The summed E-state index contributed by atoms with van der Waals surface area (Å²) in [4.78, 5) is 12.5. The summed E-state index contributed by atoms with van der Waals surface area (Å²) in [6.45, 7) is 12.3. The van der Waals surface area contributed by atoms with E-state index in [1.54, 1.807) is 18.7 Å². The Bertz CT molecular complexity index is 744. The van der Waals surface area contributed by atoms with Crippen molar-refractivity contribution in [3.05, 3.63) is 29.3 Å². The van der Waals surface area contributed by atoms with Gasteiger partial charge in [0.2, 0.25) is 5.13 Å². The number of rotatable bonds is 8. The molecular weight excluding hydrogens is 366 g/mol. The molecule has 0 saturated carbocycles. The van der Waals surface area contributed by atoms with Crippen LogP contribution < -0.4 is 10.1 Å². The summed E-state index contributed by atoms with van der Waals surface area (Å²) < 4.78 is 6.81. The molecule has 0 unspecified atom stereocenters. The summed E-state index contributed by atoms with van der Waals surface area (Å²) in [7, 11) is 0. The van der Waals surface area contributed by atoms with E-state index < -0.39 is 6.10 Å². The number of thioether (sulfide) groups is 1. The van der Waals surface area contributed by atoms with Crippen molar-refractivity contribution in [2.75, 3.05) is 11.1 Å². The fourth-order valence-corrected chi connectivity index (χ4v) is 3.96. The van der Waals surface area contributed by atoms with Crippen LogP contribution in [-0.2, 0) is 4.79 Å². The summed E-state index contributed by atoms with van der Waals surface area (Å²) in [5.74, 6) is 2.42. The zero-order valence-corrected chi connectivity index (χ0v) is 17.8. The zero-order chi connectivity index (χ0) is 19.3. The van der Waals surface area contributed by atoms with Crippen molar-refractivity contribution in [3.63, 3.8) is 0 Å². The molecule has 0 fully saturated rings. The fourth-order valence-electron chi connectivity index (χ4n) is 2.23. The molecule has 5 nitrogen and oxygen atoms in total. The molecule has 2 aromatic rings. The molecule has 1 aromatic heterocycles. The number of carbonyl (C=O) groups excluding carboxylic acids is 1. The predicted molar refractivity (Wildman–Crippen MR) is 109 cm³/mol. The molecule has 142 valence electrons. The van der Waals surface area contributed by atoms with E-state index in [1.807, 2.05) is 13.0 Å². The summed E-state index contributed by atoms with van der Waals surface area (Å²) in [6.07, 6.45) is -0.620. The summed E-state index contributed by atoms with van der Waals surface area (Å²) in [6, 6.07) is 6.10. The van der Waals surface area contributed by atoms with E-state index in [2.05, 4.69) is 55.3 Å². The van der Waals surface area contributed by atoms with E-state index in [-0.39, 0.29) is 5.91 Å². The Hall–Kier alpha value is -1.60. The third-order valence-corrected chi connectivity index (χ3v) is 6.04. The molecule has 26 heavy (non-hydrogen) atoms. The van der Waals surface area contributed by atoms with Gasteiger partial charge in [-0.3, -0.25) is 10.1 Å². The maximum Gasteiger partial charge on any atom is 0.266 e. The van der Waals surface area contributed by atoms with Gasteiger partial charge in [0, 0.05) is 5.75 Å². The van der Waals surface area contributed by atoms with E-state index in [9.17, 15) is 4.79 Å². The highest BCUT2D eigenvalue weighted by atomic mass is 32.2. The van der Waals surface area contributed by atoms with Crippen molar-refractivity contribution in [3.8, 4) is 5.75 Å². The number of anilines is 1. The maximum absolute atomic E-state index is 12.5. The van der Waals surface area contributed by atoms with Gasteiger partial charge in [-0.2, -0.15) is 0 Å². The van der Waals surface area contributed by atoms with Crippen LogP contribution in [0.5, 0.6) is 5.75 Å². The molecule has 0 aliphatic rings. The molecule has 1 heterocycles. The first kappa shape index (κ1) is 20.7. The van der Waals surface area contributed by atoms with Crippen LogP contribution in [0.25, 0.3) is 0 Å². The first-order chi connectivity index (χ1) is 12.3. The molecule has 7 heteroatoms. The molecule has 1 N–H and O–H groups in total. The van der Waals surface area contributed by atoms with Gasteiger partial charge in [0.25, 0.3) is 5.91 Å². The second-order valence-corrected chi connectivity index (χ2v) is 9.27. The molecule has 1 atom stereocenters. The normalized spacial score (nSPS) is 12.5. The number of nitrogens with zero attached hydrogens (tertiary/aromatic N) is 2. The number of benzene rings is 1. The average Bonchev–Trinajstić information content (AvgIpc) is 3.00. The fraction of sp³-hybridized carbons (Fsp3) is 0.526. The second kappa shape index (κ2) is 9.37. The summed E-state index contributed by atoms with van der Waals surface area (Å²) in [5.41, 5.74) is 2.20. The number of hydrogen-bond acceptors (Lipinski definition) is 6. The van der Waals surface area contributed by atoms with Gasteiger partial charge >= 0.3 is 0 Å². The number of nitrogens with one attached hydrogen (secondary N) is 1. The van der Waals surface area contributed by atoms with Crippen LogP contribution >= 0.6 is 23.1 Å². The van der Waals surface area contributed by atoms with Gasteiger partial charge in [-0.1, -0.05) is 62.9 Å². The topological polar surface area (TPSA) is 64.1 Å². The highest BCUT2D eigenvalue weighted by Crippen LogP contribution is 2.29. The number of carbonyl (C=O) groups is 1. The third kappa shape index (κ3) is 5.99. The maximum atomic E-state index is 12.5. The predicted octanol–water partition coefficient (Wildman–Crippen LogP) is 5.12. The number of amides is 1. The lowest BCUT2D eigenvalue weighted by atomic mass is 10.0. The lowest BCUT2D eigenvalue weighted by Crippen LogP contribution is -2.30. The first-order valence-corrected chi connectivity index (χ1v) is 10.6. The van der Waals surface area contributed by atoms with Crippen molar-refractivity contribution in [2.24, 2.45) is 5.92 Å². The molecule has 2 rings (SSSR count). The molecule has 0 radical (unpaired) electrons. The SMILES string of the molecule is Cc1ccc(C(C)C)c(O[C@@H](C)C(=O)Nc2nnc(SCC(C)C)s2)c1. The van der Waals surface area contributed by atoms with Gasteiger partial charge < -0.3 is 4.74 Å². The largest absolute Gasteiger partial charge is 0.481 e. The smallest absolute Gasteiger partial charge is 0.266 e. The Kier molecular flexibility index (Phi) is 7.46. The average molecular weight is 394 g/mol. The molecule has 0 aliphatic heterocycles. The molecule has 0 saturated heterocycles. The minimum absolute atomic E-state index is 0.224. The number of hydrogen-bond donors (Lipinski definition) is 1. The van der Waals surface area contributed by atoms with Crippen LogP contribution in [0.15, 0.2) is 22.5 Å². The van der Waals surface area contributed by atoms with Crippen LogP contribution in [0.1, 0.15) is 51.7 Å². The molecule has 0 spiro atoms. The molecule has 0 bridgehead atoms. The first-order valence-electron chi connectivity index (χ1n) is 8.80. The lowest BCUT2D eigenvalue weighted by Gasteiger charge is -2.18. The van der Waals surface area contributed by atoms with Gasteiger partial charge in [0.1, 0.15) is 5.75 Å². The van der Waals surface area contributed by atoms with Crippen molar-refractivity contribution < 1.29 is 9.53 Å². The Morgan fingerprint density at radius 2 is 1.96 bits per heavy atom. The zero-order valence-electron chi connectivity index (χ0n) is 16.2. The van der Waals surface area contributed by atoms with E-state index in [0.29, 0.717) is 17.0 Å². The van der Waals surface area contributed by atoms with Crippen molar-refractivity contribution in [2.45, 2.75) is 57.9 Å². The number of ether oxygens (including phenoxy) is 1.